The molecule has 0 aromatic heterocycles. The van der Waals surface area contributed by atoms with Gasteiger partial charge >= 0.3 is 0 Å². The number of nitrogens with one attached hydrogen (secondary N) is 1. The minimum Gasteiger partial charge on any atom is -0.376 e. The fraction of sp³-hybridized carbons (Fsp3) is 0.435. The third kappa shape index (κ3) is 5.18. The average molecular weight is 364 g/mol. The van der Waals surface area contributed by atoms with Crippen molar-refractivity contribution in [2.45, 2.75) is 37.3 Å². The lowest BCUT2D eigenvalue weighted by Crippen LogP contribution is -2.47. The maximum atomic E-state index is 12.1. The third-order valence-electron chi connectivity index (χ3n) is 5.44. The monoisotopic (exact) mass is 364 g/mol. The minimum atomic E-state index is 0.137. The molecule has 27 heavy (non-hydrogen) atoms. The van der Waals surface area contributed by atoms with Gasteiger partial charge in [0.05, 0.1) is 19.3 Å². The molecule has 0 unspecified atom stereocenters. The highest BCUT2D eigenvalue weighted by Crippen LogP contribution is 2.30. The van der Waals surface area contributed by atoms with Gasteiger partial charge in [0.15, 0.2) is 0 Å². The first kappa shape index (κ1) is 18.2. The molecule has 0 bridgehead atoms. The first-order chi connectivity index (χ1) is 13.3. The lowest BCUT2D eigenvalue weighted by molar-refractivity contribution is -0.124. The van der Waals surface area contributed by atoms with Gasteiger partial charge in [-0.05, 0) is 30.4 Å². The number of hydrogen-bond acceptors (Lipinski definition) is 3. The van der Waals surface area contributed by atoms with E-state index in [-0.39, 0.29) is 12.0 Å². The predicted octanol–water partition coefficient (Wildman–Crippen LogP) is 3.19. The first-order valence-corrected chi connectivity index (χ1v) is 10.0. The summed E-state index contributed by atoms with van der Waals surface area (Å²) in [6.07, 6.45) is 3.33. The molecule has 1 saturated heterocycles. The van der Waals surface area contributed by atoms with Crippen molar-refractivity contribution < 1.29 is 9.53 Å². The van der Waals surface area contributed by atoms with Gasteiger partial charge in [-0.3, -0.25) is 9.69 Å². The van der Waals surface area contributed by atoms with Crippen LogP contribution in [0.4, 0.5) is 0 Å². The number of hydrogen-bond donors (Lipinski definition) is 1. The summed E-state index contributed by atoms with van der Waals surface area (Å²) in [7, 11) is 0. The van der Waals surface area contributed by atoms with Crippen molar-refractivity contribution in [2.24, 2.45) is 0 Å². The Morgan fingerprint density at radius 3 is 2.26 bits per heavy atom. The second-order valence-corrected chi connectivity index (χ2v) is 7.68. The molecule has 2 aliphatic rings. The zero-order valence-corrected chi connectivity index (χ0v) is 15.7. The van der Waals surface area contributed by atoms with Crippen molar-refractivity contribution in [3.63, 3.8) is 0 Å². The molecule has 1 saturated carbocycles. The molecule has 0 spiro atoms. The highest BCUT2D eigenvalue weighted by atomic mass is 16.5. The van der Waals surface area contributed by atoms with Crippen LogP contribution in [-0.2, 0) is 9.53 Å². The SMILES string of the molecule is O=C(CN1CCO[C@@H](CC(c2ccccc2)c2ccccc2)C1)NC1CC1. The van der Waals surface area contributed by atoms with E-state index < -0.39 is 0 Å². The number of morpholine rings is 1. The van der Waals surface area contributed by atoms with E-state index in [0.29, 0.717) is 25.1 Å². The van der Waals surface area contributed by atoms with Crippen LogP contribution in [-0.4, -0.2) is 49.2 Å². The van der Waals surface area contributed by atoms with Gasteiger partial charge in [0.1, 0.15) is 0 Å². The summed E-state index contributed by atoms with van der Waals surface area (Å²) >= 11 is 0. The number of nitrogens with zero attached hydrogens (tertiary/aromatic N) is 1. The summed E-state index contributed by atoms with van der Waals surface area (Å²) in [4.78, 5) is 14.4. The Bertz CT molecular complexity index is 691. The molecule has 142 valence electrons. The van der Waals surface area contributed by atoms with Crippen molar-refractivity contribution in [1.29, 1.82) is 0 Å². The molecule has 2 fully saturated rings. The van der Waals surface area contributed by atoms with Crippen LogP contribution in [0.1, 0.15) is 36.3 Å². The number of amides is 1. The molecule has 1 atom stereocenters. The fourth-order valence-corrected chi connectivity index (χ4v) is 3.87. The fourth-order valence-electron chi connectivity index (χ4n) is 3.87. The minimum absolute atomic E-state index is 0.137. The van der Waals surface area contributed by atoms with Gasteiger partial charge < -0.3 is 10.1 Å². The van der Waals surface area contributed by atoms with Gasteiger partial charge in [0.25, 0.3) is 0 Å². The summed E-state index contributed by atoms with van der Waals surface area (Å²) in [5, 5.41) is 3.09. The molecular formula is C23H28N2O2. The van der Waals surface area contributed by atoms with Crippen LogP contribution in [0.5, 0.6) is 0 Å². The van der Waals surface area contributed by atoms with Crippen molar-refractivity contribution in [3.05, 3.63) is 71.8 Å². The van der Waals surface area contributed by atoms with E-state index in [4.69, 9.17) is 4.74 Å². The Balaban J connectivity index is 1.42. The zero-order chi connectivity index (χ0) is 18.5. The lowest BCUT2D eigenvalue weighted by Gasteiger charge is -2.34. The Hall–Kier alpha value is -2.17. The molecule has 4 nitrogen and oxygen atoms in total. The summed E-state index contributed by atoms with van der Waals surface area (Å²) in [6.45, 7) is 2.82. The topological polar surface area (TPSA) is 41.6 Å². The highest BCUT2D eigenvalue weighted by molar-refractivity contribution is 5.78. The zero-order valence-electron chi connectivity index (χ0n) is 15.7. The Morgan fingerprint density at radius 2 is 1.67 bits per heavy atom. The molecule has 4 rings (SSSR count). The van der Waals surface area contributed by atoms with Gasteiger partial charge in [-0.1, -0.05) is 60.7 Å². The Morgan fingerprint density at radius 1 is 1.04 bits per heavy atom. The van der Waals surface area contributed by atoms with Crippen molar-refractivity contribution in [1.82, 2.24) is 10.2 Å². The van der Waals surface area contributed by atoms with Crippen LogP contribution >= 0.6 is 0 Å². The molecule has 4 heteroatoms. The molecule has 1 N–H and O–H groups in total. The van der Waals surface area contributed by atoms with Gasteiger partial charge in [-0.25, -0.2) is 0 Å². The summed E-state index contributed by atoms with van der Waals surface area (Å²) < 4.78 is 6.08. The average Bonchev–Trinajstić information content (AvgIpc) is 3.51. The van der Waals surface area contributed by atoms with E-state index >= 15 is 0 Å². The standard InChI is InChI=1S/C23H28N2O2/c26-23(24-20-11-12-20)17-25-13-14-27-21(16-25)15-22(18-7-3-1-4-8-18)19-9-5-2-6-10-19/h1-10,20-22H,11-17H2,(H,24,26)/t21-/m0/s1. The van der Waals surface area contributed by atoms with E-state index in [1.807, 2.05) is 0 Å². The van der Waals surface area contributed by atoms with Crippen molar-refractivity contribution in [2.75, 3.05) is 26.2 Å². The number of ether oxygens (including phenoxy) is 1. The van der Waals surface area contributed by atoms with Crippen LogP contribution in [0.25, 0.3) is 0 Å². The van der Waals surface area contributed by atoms with Crippen LogP contribution in [0, 0.1) is 0 Å². The van der Waals surface area contributed by atoms with Gasteiger partial charge in [0, 0.05) is 25.0 Å². The molecule has 1 aliphatic carbocycles. The maximum Gasteiger partial charge on any atom is 0.234 e. The lowest BCUT2D eigenvalue weighted by atomic mass is 9.86. The summed E-state index contributed by atoms with van der Waals surface area (Å²) in [5.41, 5.74) is 2.63. The molecular weight excluding hydrogens is 336 g/mol. The van der Waals surface area contributed by atoms with Crippen LogP contribution < -0.4 is 5.32 Å². The number of rotatable bonds is 7. The van der Waals surface area contributed by atoms with E-state index in [1.54, 1.807) is 0 Å². The third-order valence-corrected chi connectivity index (χ3v) is 5.44. The van der Waals surface area contributed by atoms with Crippen LogP contribution in [0.3, 0.4) is 0 Å². The van der Waals surface area contributed by atoms with Gasteiger partial charge in [0.2, 0.25) is 5.91 Å². The molecule has 1 amide bonds. The highest BCUT2D eigenvalue weighted by Gasteiger charge is 2.28. The Kier molecular flexibility index (Phi) is 5.85. The molecule has 2 aromatic rings. The molecule has 1 heterocycles. The normalized spacial score (nSPS) is 20.6. The van der Waals surface area contributed by atoms with Crippen LogP contribution in [0.15, 0.2) is 60.7 Å². The second kappa shape index (κ2) is 8.68. The molecule has 1 aliphatic heterocycles. The molecule has 2 aromatic carbocycles. The van der Waals surface area contributed by atoms with E-state index in [2.05, 4.69) is 70.9 Å². The molecule has 0 radical (unpaired) electrons. The Labute approximate surface area is 161 Å². The number of benzene rings is 2. The summed E-state index contributed by atoms with van der Waals surface area (Å²) in [5.74, 6) is 0.457. The van der Waals surface area contributed by atoms with Crippen molar-refractivity contribution in [3.8, 4) is 0 Å². The van der Waals surface area contributed by atoms with E-state index in [9.17, 15) is 4.79 Å². The van der Waals surface area contributed by atoms with Gasteiger partial charge in [-0.15, -0.1) is 0 Å². The second-order valence-electron chi connectivity index (χ2n) is 7.68. The van der Waals surface area contributed by atoms with Crippen LogP contribution in [0.2, 0.25) is 0 Å². The maximum absolute atomic E-state index is 12.1. The predicted molar refractivity (Wildman–Crippen MR) is 107 cm³/mol. The smallest absolute Gasteiger partial charge is 0.234 e. The number of carbonyl (C=O) groups is 1. The van der Waals surface area contributed by atoms with Gasteiger partial charge in [-0.2, -0.15) is 0 Å². The summed E-state index contributed by atoms with van der Waals surface area (Å²) in [6, 6.07) is 21.7. The first-order valence-electron chi connectivity index (χ1n) is 10.0. The van der Waals surface area contributed by atoms with Crippen molar-refractivity contribution >= 4 is 5.91 Å². The quantitative estimate of drug-likeness (QED) is 0.820. The number of carbonyl (C=O) groups excluding carboxylic acids is 1. The largest absolute Gasteiger partial charge is 0.376 e. The van der Waals surface area contributed by atoms with E-state index in [0.717, 1.165) is 32.4 Å². The van der Waals surface area contributed by atoms with E-state index in [1.165, 1.54) is 11.1 Å².